The Kier molecular flexibility index (Phi) is 3.91. The van der Waals surface area contributed by atoms with Gasteiger partial charge < -0.3 is 4.74 Å². The van der Waals surface area contributed by atoms with E-state index in [0.717, 1.165) is 4.88 Å². The van der Waals surface area contributed by atoms with Gasteiger partial charge in [0, 0.05) is 29.8 Å². The molecular weight excluding hydrogens is 326 g/mol. The van der Waals surface area contributed by atoms with Gasteiger partial charge in [-0.2, -0.15) is 0 Å². The van der Waals surface area contributed by atoms with Crippen molar-refractivity contribution in [2.24, 2.45) is 0 Å². The molecule has 0 saturated heterocycles. The van der Waals surface area contributed by atoms with Gasteiger partial charge in [-0.3, -0.25) is 10.1 Å². The summed E-state index contributed by atoms with van der Waals surface area (Å²) in [5.74, 6) is 0.552. The number of hydrogen-bond donors (Lipinski definition) is 0. The molecule has 0 spiro atoms. The van der Waals surface area contributed by atoms with Gasteiger partial charge in [-0.1, -0.05) is 11.6 Å². The summed E-state index contributed by atoms with van der Waals surface area (Å²) in [6.07, 6.45) is 1.64. The first-order valence-electron chi connectivity index (χ1n) is 6.42. The van der Waals surface area contributed by atoms with Crippen molar-refractivity contribution >= 4 is 39.5 Å². The van der Waals surface area contributed by atoms with Crippen LogP contribution in [-0.2, 0) is 0 Å². The van der Waals surface area contributed by atoms with Crippen LogP contribution in [0.5, 0.6) is 5.75 Å². The summed E-state index contributed by atoms with van der Waals surface area (Å²) in [5, 5.41) is 11.5. The number of hydrogen-bond acceptors (Lipinski definition) is 6. The lowest BCUT2D eigenvalue weighted by molar-refractivity contribution is -0.384. The van der Waals surface area contributed by atoms with Crippen LogP contribution in [0.4, 0.5) is 5.69 Å². The average Bonchev–Trinajstić information content (AvgIpc) is 2.93. The van der Waals surface area contributed by atoms with Crippen LogP contribution in [0.3, 0.4) is 0 Å². The topological polar surface area (TPSA) is 78.2 Å². The number of aromatic nitrogens is 2. The van der Waals surface area contributed by atoms with Crippen molar-refractivity contribution < 1.29 is 9.66 Å². The van der Waals surface area contributed by atoms with E-state index in [4.69, 9.17) is 16.3 Å². The lowest BCUT2D eigenvalue weighted by atomic mass is 10.1. The molecule has 112 valence electrons. The van der Waals surface area contributed by atoms with Crippen LogP contribution in [0, 0.1) is 10.1 Å². The highest BCUT2D eigenvalue weighted by atomic mass is 35.5. The van der Waals surface area contributed by atoms with Crippen molar-refractivity contribution in [2.75, 3.05) is 6.61 Å². The molecule has 2 aromatic heterocycles. The molecule has 3 rings (SSSR count). The van der Waals surface area contributed by atoms with Gasteiger partial charge in [0.2, 0.25) is 0 Å². The number of nitro groups is 1. The molecule has 0 aliphatic heterocycles. The van der Waals surface area contributed by atoms with Crippen molar-refractivity contribution in [1.82, 2.24) is 9.97 Å². The largest absolute Gasteiger partial charge is 0.493 e. The Morgan fingerprint density at radius 3 is 2.86 bits per heavy atom. The smallest absolute Gasteiger partial charge is 0.270 e. The van der Waals surface area contributed by atoms with Gasteiger partial charge in [-0.25, -0.2) is 9.97 Å². The van der Waals surface area contributed by atoms with Crippen molar-refractivity contribution in [3.05, 3.63) is 45.0 Å². The van der Waals surface area contributed by atoms with E-state index < -0.39 is 4.92 Å². The van der Waals surface area contributed by atoms with Crippen LogP contribution >= 0.6 is 22.9 Å². The summed E-state index contributed by atoms with van der Waals surface area (Å²) in [6.45, 7) is 2.30. The Balaban J connectivity index is 2.21. The fraction of sp³-hybridized carbons (Fsp3) is 0.143. The number of ether oxygens (including phenoxy) is 1. The molecule has 0 unspecified atom stereocenters. The van der Waals surface area contributed by atoms with Gasteiger partial charge in [0.05, 0.1) is 27.6 Å². The lowest BCUT2D eigenvalue weighted by Gasteiger charge is -2.09. The third kappa shape index (κ3) is 2.72. The predicted octanol–water partition coefficient (Wildman–Crippen LogP) is 4.32. The highest BCUT2D eigenvalue weighted by Gasteiger charge is 2.14. The molecule has 0 radical (unpaired) electrons. The average molecular weight is 336 g/mol. The number of non-ortho nitro benzene ring substituents is 1. The molecule has 0 amide bonds. The Morgan fingerprint density at radius 2 is 2.23 bits per heavy atom. The minimum absolute atomic E-state index is 0.00355. The molecular formula is C14H10ClN3O3S. The highest BCUT2D eigenvalue weighted by Crippen LogP contribution is 2.35. The first-order valence-corrected chi connectivity index (χ1v) is 7.61. The van der Waals surface area contributed by atoms with E-state index in [-0.39, 0.29) is 5.69 Å². The number of thiazole rings is 1. The van der Waals surface area contributed by atoms with E-state index in [1.54, 1.807) is 18.3 Å². The second-order valence-electron chi connectivity index (χ2n) is 4.37. The molecule has 8 heteroatoms. The maximum atomic E-state index is 10.9. The molecule has 0 aliphatic carbocycles. The van der Waals surface area contributed by atoms with E-state index in [1.165, 1.54) is 23.5 Å². The SMILES string of the molecule is CCOc1cc(-c2cnc(Cl)s2)nc2ccc([N+](=O)[O-])cc12. The number of nitro benzene ring substituents is 1. The third-order valence-corrected chi connectivity index (χ3v) is 4.13. The zero-order valence-corrected chi connectivity index (χ0v) is 13.0. The second kappa shape index (κ2) is 5.86. The molecule has 6 nitrogen and oxygen atoms in total. The number of halogens is 1. The Labute approximate surface area is 134 Å². The van der Waals surface area contributed by atoms with Gasteiger partial charge >= 0.3 is 0 Å². The van der Waals surface area contributed by atoms with Gasteiger partial charge in [-0.15, -0.1) is 11.3 Å². The van der Waals surface area contributed by atoms with Crippen molar-refractivity contribution in [2.45, 2.75) is 6.92 Å². The zero-order chi connectivity index (χ0) is 15.7. The van der Waals surface area contributed by atoms with Crippen molar-refractivity contribution in [3.8, 4) is 16.3 Å². The Bertz CT molecular complexity index is 866. The number of fused-ring (bicyclic) bond motifs is 1. The maximum absolute atomic E-state index is 10.9. The minimum Gasteiger partial charge on any atom is -0.493 e. The summed E-state index contributed by atoms with van der Waals surface area (Å²) >= 11 is 7.17. The normalized spacial score (nSPS) is 10.8. The third-order valence-electron chi connectivity index (χ3n) is 2.99. The quantitative estimate of drug-likeness (QED) is 0.524. The van der Waals surface area contributed by atoms with Gasteiger partial charge in [0.25, 0.3) is 5.69 Å². The standard InChI is InChI=1S/C14H10ClN3O3S/c1-2-21-12-6-11(13-7-16-14(15)22-13)17-10-4-3-8(18(19)20)5-9(10)12/h3-7H,2H2,1H3. The van der Waals surface area contributed by atoms with Crippen LogP contribution in [0.1, 0.15) is 6.92 Å². The zero-order valence-electron chi connectivity index (χ0n) is 11.4. The van der Waals surface area contributed by atoms with Crippen molar-refractivity contribution in [1.29, 1.82) is 0 Å². The molecule has 0 fully saturated rings. The molecule has 22 heavy (non-hydrogen) atoms. The van der Waals surface area contributed by atoms with E-state index in [2.05, 4.69) is 9.97 Å². The predicted molar refractivity (Wildman–Crippen MR) is 85.7 cm³/mol. The molecule has 0 bridgehead atoms. The number of pyridine rings is 1. The summed E-state index contributed by atoms with van der Waals surface area (Å²) in [4.78, 5) is 19.8. The molecule has 0 aliphatic rings. The minimum atomic E-state index is -0.438. The number of nitrogens with zero attached hydrogens (tertiary/aromatic N) is 3. The van der Waals surface area contributed by atoms with Gasteiger partial charge in [0.1, 0.15) is 5.75 Å². The first-order chi connectivity index (χ1) is 10.6. The van der Waals surface area contributed by atoms with Gasteiger partial charge in [0.15, 0.2) is 4.47 Å². The molecule has 2 heterocycles. The van der Waals surface area contributed by atoms with E-state index in [9.17, 15) is 10.1 Å². The summed E-state index contributed by atoms with van der Waals surface area (Å²) in [7, 11) is 0. The molecule has 0 atom stereocenters. The summed E-state index contributed by atoms with van der Waals surface area (Å²) < 4.78 is 6.04. The highest BCUT2D eigenvalue weighted by molar-refractivity contribution is 7.18. The molecule has 1 aromatic carbocycles. The number of rotatable bonds is 4. The van der Waals surface area contributed by atoms with E-state index in [1.807, 2.05) is 6.92 Å². The molecule has 0 saturated carbocycles. The van der Waals surface area contributed by atoms with Crippen LogP contribution in [-0.4, -0.2) is 21.5 Å². The van der Waals surface area contributed by atoms with Crippen LogP contribution in [0.2, 0.25) is 4.47 Å². The summed E-state index contributed by atoms with van der Waals surface area (Å²) in [6, 6.07) is 6.26. The molecule has 3 aromatic rings. The first kappa shape index (κ1) is 14.7. The Hall–Kier alpha value is -2.25. The monoisotopic (exact) mass is 335 g/mol. The maximum Gasteiger partial charge on any atom is 0.270 e. The van der Waals surface area contributed by atoms with Crippen LogP contribution in [0.15, 0.2) is 30.5 Å². The van der Waals surface area contributed by atoms with E-state index >= 15 is 0 Å². The molecule has 0 N–H and O–H groups in total. The van der Waals surface area contributed by atoms with Crippen molar-refractivity contribution in [3.63, 3.8) is 0 Å². The number of benzene rings is 1. The fourth-order valence-corrected chi connectivity index (χ4v) is 2.97. The fourth-order valence-electron chi connectivity index (χ4n) is 2.07. The van der Waals surface area contributed by atoms with E-state index in [0.29, 0.717) is 33.4 Å². The second-order valence-corrected chi connectivity index (χ2v) is 5.99. The summed E-state index contributed by atoms with van der Waals surface area (Å²) in [5.41, 5.74) is 1.30. The van der Waals surface area contributed by atoms with Crippen LogP contribution in [0.25, 0.3) is 21.5 Å². The lowest BCUT2D eigenvalue weighted by Crippen LogP contribution is -1.96. The Morgan fingerprint density at radius 1 is 1.41 bits per heavy atom. The van der Waals surface area contributed by atoms with Gasteiger partial charge in [-0.05, 0) is 13.0 Å². The van der Waals surface area contributed by atoms with Crippen LogP contribution < -0.4 is 4.74 Å².